The van der Waals surface area contributed by atoms with Crippen molar-refractivity contribution in [2.75, 3.05) is 14.2 Å². The highest BCUT2D eigenvalue weighted by Crippen LogP contribution is 2.32. The van der Waals surface area contributed by atoms with Crippen LogP contribution in [-0.2, 0) is 0 Å². The van der Waals surface area contributed by atoms with E-state index in [0.717, 1.165) is 5.69 Å². The molecule has 1 atom stereocenters. The Morgan fingerprint density at radius 1 is 1.30 bits per heavy atom. The van der Waals surface area contributed by atoms with Crippen LogP contribution < -0.4 is 10.1 Å². The number of rotatable bonds is 5. The van der Waals surface area contributed by atoms with Crippen LogP contribution in [0.1, 0.15) is 37.2 Å². The third kappa shape index (κ3) is 2.54. The molecule has 0 spiro atoms. The van der Waals surface area contributed by atoms with E-state index in [0.29, 0.717) is 11.3 Å². The predicted molar refractivity (Wildman–Crippen MR) is 76.5 cm³/mol. The monoisotopic (exact) mass is 277 g/mol. The first-order valence-electron chi connectivity index (χ1n) is 6.63. The number of aromatic nitrogens is 2. The lowest BCUT2D eigenvalue weighted by molar-refractivity contribution is 0.394. The van der Waals surface area contributed by atoms with E-state index in [-0.39, 0.29) is 17.9 Å². The summed E-state index contributed by atoms with van der Waals surface area (Å²) in [5.41, 5.74) is 1.41. The summed E-state index contributed by atoms with van der Waals surface area (Å²) in [6.07, 6.45) is 1.67. The van der Waals surface area contributed by atoms with Crippen molar-refractivity contribution in [2.45, 2.75) is 25.9 Å². The van der Waals surface area contributed by atoms with Crippen LogP contribution in [0.25, 0.3) is 0 Å². The first-order chi connectivity index (χ1) is 9.60. The summed E-state index contributed by atoms with van der Waals surface area (Å²) in [6.45, 7) is 4.06. The Balaban J connectivity index is 2.57. The van der Waals surface area contributed by atoms with Crippen molar-refractivity contribution in [3.63, 3.8) is 0 Å². The van der Waals surface area contributed by atoms with Crippen molar-refractivity contribution in [3.8, 4) is 5.75 Å². The van der Waals surface area contributed by atoms with Gasteiger partial charge in [0.25, 0.3) is 0 Å². The Bertz CT molecular complexity index is 580. The second-order valence-electron chi connectivity index (χ2n) is 4.88. The van der Waals surface area contributed by atoms with E-state index < -0.39 is 0 Å². The Kier molecular flexibility index (Phi) is 4.39. The zero-order valence-electron chi connectivity index (χ0n) is 12.2. The van der Waals surface area contributed by atoms with Crippen molar-refractivity contribution in [3.05, 3.63) is 47.5 Å². The number of benzene rings is 1. The smallest absolute Gasteiger partial charge is 0.161 e. The molecule has 0 bridgehead atoms. The molecule has 0 saturated carbocycles. The third-order valence-corrected chi connectivity index (χ3v) is 3.29. The quantitative estimate of drug-likeness (QED) is 0.913. The van der Waals surface area contributed by atoms with Crippen LogP contribution in [0, 0.1) is 5.82 Å². The maximum absolute atomic E-state index is 14.1. The van der Waals surface area contributed by atoms with Crippen LogP contribution in [0.2, 0.25) is 0 Å². The summed E-state index contributed by atoms with van der Waals surface area (Å²) in [7, 11) is 3.40. The highest BCUT2D eigenvalue weighted by molar-refractivity contribution is 5.37. The first kappa shape index (κ1) is 14.5. The van der Waals surface area contributed by atoms with Crippen LogP contribution in [0.3, 0.4) is 0 Å². The van der Waals surface area contributed by atoms with Gasteiger partial charge in [0.05, 0.1) is 19.3 Å². The van der Waals surface area contributed by atoms with Crippen molar-refractivity contribution in [1.82, 2.24) is 15.1 Å². The van der Waals surface area contributed by atoms with Crippen LogP contribution in [0.5, 0.6) is 5.75 Å². The van der Waals surface area contributed by atoms with E-state index in [2.05, 4.69) is 10.4 Å². The Morgan fingerprint density at radius 3 is 2.55 bits per heavy atom. The molecule has 0 aliphatic heterocycles. The molecule has 1 unspecified atom stereocenters. The Labute approximate surface area is 118 Å². The first-order valence-corrected chi connectivity index (χ1v) is 6.63. The maximum Gasteiger partial charge on any atom is 0.161 e. The number of methoxy groups -OCH3 is 1. The molecule has 1 N–H and O–H groups in total. The average molecular weight is 277 g/mol. The number of ether oxygens (including phenoxy) is 1. The molecule has 0 aliphatic carbocycles. The molecule has 20 heavy (non-hydrogen) atoms. The minimum Gasteiger partial charge on any atom is -0.493 e. The van der Waals surface area contributed by atoms with Gasteiger partial charge < -0.3 is 10.1 Å². The van der Waals surface area contributed by atoms with Crippen molar-refractivity contribution in [2.24, 2.45) is 0 Å². The molecule has 0 aliphatic rings. The van der Waals surface area contributed by atoms with E-state index in [4.69, 9.17) is 4.74 Å². The number of hydrogen-bond acceptors (Lipinski definition) is 3. The fraction of sp³-hybridized carbons (Fsp3) is 0.400. The molecule has 5 heteroatoms. The lowest BCUT2D eigenvalue weighted by atomic mass is 10.0. The Morgan fingerprint density at radius 2 is 2.00 bits per heavy atom. The predicted octanol–water partition coefficient (Wildman–Crippen LogP) is 2.92. The summed E-state index contributed by atoms with van der Waals surface area (Å²) in [6, 6.07) is 6.59. The molecular formula is C15H20FN3O. The van der Waals surface area contributed by atoms with Crippen LogP contribution in [0.15, 0.2) is 30.5 Å². The zero-order valence-corrected chi connectivity index (χ0v) is 12.2. The largest absolute Gasteiger partial charge is 0.493 e. The molecule has 0 amide bonds. The second-order valence-corrected chi connectivity index (χ2v) is 4.88. The molecule has 2 aromatic rings. The maximum atomic E-state index is 14.1. The average Bonchev–Trinajstić information content (AvgIpc) is 2.86. The lowest BCUT2D eigenvalue weighted by Gasteiger charge is -2.21. The normalized spacial score (nSPS) is 12.7. The van der Waals surface area contributed by atoms with Gasteiger partial charge in [-0.05, 0) is 27.0 Å². The van der Waals surface area contributed by atoms with Gasteiger partial charge in [0.2, 0.25) is 0 Å². The van der Waals surface area contributed by atoms with Gasteiger partial charge in [-0.2, -0.15) is 5.10 Å². The van der Waals surface area contributed by atoms with Gasteiger partial charge in [-0.15, -0.1) is 0 Å². The minimum absolute atomic E-state index is 0.163. The molecule has 0 radical (unpaired) electrons. The van der Waals surface area contributed by atoms with Gasteiger partial charge in [0, 0.05) is 11.6 Å². The fourth-order valence-corrected chi connectivity index (χ4v) is 2.35. The highest BCUT2D eigenvalue weighted by Gasteiger charge is 2.25. The second kappa shape index (κ2) is 6.05. The van der Waals surface area contributed by atoms with Gasteiger partial charge in [0.15, 0.2) is 5.75 Å². The number of nitrogens with one attached hydrogen (secondary N) is 1. The van der Waals surface area contributed by atoms with Gasteiger partial charge in [-0.1, -0.05) is 18.2 Å². The van der Waals surface area contributed by atoms with Crippen molar-refractivity contribution >= 4 is 0 Å². The highest BCUT2D eigenvalue weighted by atomic mass is 19.1. The molecule has 2 rings (SSSR count). The molecule has 1 aromatic carbocycles. The molecule has 1 aromatic heterocycles. The summed E-state index contributed by atoms with van der Waals surface area (Å²) in [5.74, 6) is 0.409. The topological polar surface area (TPSA) is 39.1 Å². The fourth-order valence-electron chi connectivity index (χ4n) is 2.35. The molecule has 0 fully saturated rings. The third-order valence-electron chi connectivity index (χ3n) is 3.29. The number of halogens is 1. The van der Waals surface area contributed by atoms with Crippen LogP contribution in [-0.4, -0.2) is 23.9 Å². The van der Waals surface area contributed by atoms with E-state index >= 15 is 0 Å². The molecule has 0 saturated heterocycles. The zero-order chi connectivity index (χ0) is 14.7. The van der Waals surface area contributed by atoms with Crippen molar-refractivity contribution < 1.29 is 9.13 Å². The molecular weight excluding hydrogens is 257 g/mol. The summed E-state index contributed by atoms with van der Waals surface area (Å²) in [5, 5.41) is 7.49. The lowest BCUT2D eigenvalue weighted by Crippen LogP contribution is -2.24. The molecule has 1 heterocycles. The van der Waals surface area contributed by atoms with Gasteiger partial charge in [0.1, 0.15) is 11.5 Å². The van der Waals surface area contributed by atoms with Gasteiger partial charge >= 0.3 is 0 Å². The van der Waals surface area contributed by atoms with Gasteiger partial charge in [-0.25, -0.2) is 4.39 Å². The molecule has 4 nitrogen and oxygen atoms in total. The summed E-state index contributed by atoms with van der Waals surface area (Å²) < 4.78 is 21.3. The summed E-state index contributed by atoms with van der Waals surface area (Å²) in [4.78, 5) is 0. The van der Waals surface area contributed by atoms with Crippen molar-refractivity contribution in [1.29, 1.82) is 0 Å². The Hall–Kier alpha value is -1.88. The SMILES string of the molecule is CNC(c1ccccc1F)c1c(OC)cnn1C(C)C. The van der Waals surface area contributed by atoms with E-state index in [9.17, 15) is 4.39 Å². The summed E-state index contributed by atoms with van der Waals surface area (Å²) >= 11 is 0. The van der Waals surface area contributed by atoms with E-state index in [1.54, 1.807) is 32.5 Å². The minimum atomic E-state index is -0.309. The van der Waals surface area contributed by atoms with Crippen LogP contribution in [0.4, 0.5) is 4.39 Å². The van der Waals surface area contributed by atoms with Crippen LogP contribution >= 0.6 is 0 Å². The number of hydrogen-bond donors (Lipinski definition) is 1. The van der Waals surface area contributed by atoms with E-state index in [1.165, 1.54) is 6.07 Å². The standard InChI is InChI=1S/C15H20FN3O/c1-10(2)19-15(13(20-4)9-18-19)14(17-3)11-7-5-6-8-12(11)16/h5-10,14,17H,1-4H3. The molecule has 108 valence electrons. The van der Waals surface area contributed by atoms with E-state index in [1.807, 2.05) is 24.6 Å². The van der Waals surface area contributed by atoms with Gasteiger partial charge in [-0.3, -0.25) is 4.68 Å². The number of nitrogens with zero attached hydrogens (tertiary/aromatic N) is 2.